The minimum atomic E-state index is 0.0778. The van der Waals surface area contributed by atoms with Crippen molar-refractivity contribution in [2.75, 3.05) is 5.75 Å². The third-order valence-electron chi connectivity index (χ3n) is 4.83. The first-order valence-corrected chi connectivity index (χ1v) is 10.5. The van der Waals surface area contributed by atoms with Gasteiger partial charge in [0.15, 0.2) is 12.4 Å². The number of aryl methyl sites for hydroxylation is 3. The topological polar surface area (TPSA) is 65.2 Å². The van der Waals surface area contributed by atoms with Crippen molar-refractivity contribution in [3.05, 3.63) is 70.6 Å². The van der Waals surface area contributed by atoms with E-state index >= 15 is 0 Å². The molecule has 1 heterocycles. The van der Waals surface area contributed by atoms with E-state index in [0.717, 1.165) is 24.2 Å². The molecule has 6 heteroatoms. The summed E-state index contributed by atoms with van der Waals surface area (Å²) in [6.45, 7) is 2.23. The fourth-order valence-electron chi connectivity index (χ4n) is 3.25. The molecule has 144 valence electrons. The number of carbonyl (C=O) groups is 1. The SMILES string of the molecule is Cc1ccc(OCc2nnc(SCC(=O)c3ccc4c(c3)CCCC4)o2)cc1. The molecule has 0 fully saturated rings. The van der Waals surface area contributed by atoms with Crippen LogP contribution < -0.4 is 4.74 Å². The van der Waals surface area contributed by atoms with Gasteiger partial charge < -0.3 is 9.15 Å². The van der Waals surface area contributed by atoms with Crippen molar-refractivity contribution in [3.63, 3.8) is 0 Å². The largest absolute Gasteiger partial charge is 0.484 e. The molecule has 0 spiro atoms. The van der Waals surface area contributed by atoms with Gasteiger partial charge in [-0.1, -0.05) is 41.6 Å². The van der Waals surface area contributed by atoms with Crippen molar-refractivity contribution < 1.29 is 13.9 Å². The number of ketones is 1. The van der Waals surface area contributed by atoms with Crippen molar-refractivity contribution in [1.82, 2.24) is 10.2 Å². The highest BCUT2D eigenvalue weighted by atomic mass is 32.2. The Balaban J connectivity index is 1.30. The normalized spacial score (nSPS) is 13.2. The molecule has 0 radical (unpaired) electrons. The van der Waals surface area contributed by atoms with Crippen molar-refractivity contribution >= 4 is 17.5 Å². The zero-order valence-corrected chi connectivity index (χ0v) is 16.6. The van der Waals surface area contributed by atoms with E-state index in [1.807, 2.05) is 43.3 Å². The smallest absolute Gasteiger partial charge is 0.277 e. The van der Waals surface area contributed by atoms with Gasteiger partial charge in [0.2, 0.25) is 0 Å². The van der Waals surface area contributed by atoms with Gasteiger partial charge in [-0.2, -0.15) is 0 Å². The Labute approximate surface area is 168 Å². The van der Waals surface area contributed by atoms with Crippen molar-refractivity contribution in [3.8, 4) is 5.75 Å². The molecule has 0 N–H and O–H groups in total. The molecule has 0 saturated heterocycles. The Hall–Kier alpha value is -2.60. The van der Waals surface area contributed by atoms with Gasteiger partial charge in [0.1, 0.15) is 5.75 Å². The van der Waals surface area contributed by atoms with E-state index < -0.39 is 0 Å². The molecule has 1 aliphatic rings. The van der Waals surface area contributed by atoms with Crippen LogP contribution in [0.2, 0.25) is 0 Å². The summed E-state index contributed by atoms with van der Waals surface area (Å²) in [5.41, 5.74) is 4.63. The summed E-state index contributed by atoms with van der Waals surface area (Å²) in [5, 5.41) is 8.36. The lowest BCUT2D eigenvalue weighted by Gasteiger charge is -2.16. The molecule has 1 aromatic heterocycles. The Kier molecular flexibility index (Phi) is 5.76. The number of carbonyl (C=O) groups excluding carboxylic acids is 1. The van der Waals surface area contributed by atoms with E-state index in [-0.39, 0.29) is 18.1 Å². The number of thioether (sulfide) groups is 1. The van der Waals surface area contributed by atoms with E-state index in [0.29, 0.717) is 11.1 Å². The van der Waals surface area contributed by atoms with E-state index in [2.05, 4.69) is 16.3 Å². The second-order valence-corrected chi connectivity index (χ2v) is 7.89. The van der Waals surface area contributed by atoms with Crippen LogP contribution in [0.3, 0.4) is 0 Å². The highest BCUT2D eigenvalue weighted by Gasteiger charge is 2.15. The van der Waals surface area contributed by atoms with Crippen molar-refractivity contribution in [1.29, 1.82) is 0 Å². The number of rotatable bonds is 7. The first-order chi connectivity index (χ1) is 13.7. The van der Waals surface area contributed by atoms with Crippen LogP contribution in [0, 0.1) is 6.92 Å². The predicted molar refractivity (Wildman–Crippen MR) is 108 cm³/mol. The minimum Gasteiger partial charge on any atom is -0.484 e. The van der Waals surface area contributed by atoms with Gasteiger partial charge in [-0.3, -0.25) is 4.79 Å². The Bertz CT molecular complexity index is 966. The molecule has 0 unspecified atom stereocenters. The van der Waals surface area contributed by atoms with Gasteiger partial charge in [0.25, 0.3) is 11.1 Å². The highest BCUT2D eigenvalue weighted by Crippen LogP contribution is 2.24. The number of benzene rings is 2. The maximum atomic E-state index is 12.5. The average molecular weight is 394 g/mol. The zero-order valence-electron chi connectivity index (χ0n) is 15.8. The first kappa shape index (κ1) is 18.7. The van der Waals surface area contributed by atoms with Gasteiger partial charge in [-0.25, -0.2) is 0 Å². The van der Waals surface area contributed by atoms with Crippen molar-refractivity contribution in [2.24, 2.45) is 0 Å². The van der Waals surface area contributed by atoms with Crippen LogP contribution in [-0.2, 0) is 19.4 Å². The first-order valence-electron chi connectivity index (χ1n) is 9.47. The number of hydrogen-bond acceptors (Lipinski definition) is 6. The molecule has 3 aromatic rings. The monoisotopic (exact) mass is 394 g/mol. The molecule has 28 heavy (non-hydrogen) atoms. The van der Waals surface area contributed by atoms with Gasteiger partial charge in [0.05, 0.1) is 5.75 Å². The minimum absolute atomic E-state index is 0.0778. The summed E-state index contributed by atoms with van der Waals surface area (Å²) in [7, 11) is 0. The van der Waals surface area contributed by atoms with Crippen LogP contribution in [0.1, 0.15) is 45.8 Å². The molecule has 2 aromatic carbocycles. The molecular formula is C22H22N2O3S. The fourth-order valence-corrected chi connectivity index (χ4v) is 3.93. The summed E-state index contributed by atoms with van der Waals surface area (Å²) in [4.78, 5) is 12.5. The Morgan fingerprint density at radius 3 is 2.68 bits per heavy atom. The third-order valence-corrected chi connectivity index (χ3v) is 5.65. The van der Waals surface area contributed by atoms with E-state index in [9.17, 15) is 4.79 Å². The van der Waals surface area contributed by atoms with Crippen LogP contribution in [0.15, 0.2) is 52.1 Å². The predicted octanol–water partition coefficient (Wildman–Crippen LogP) is 4.81. The molecule has 1 aliphatic carbocycles. The maximum absolute atomic E-state index is 12.5. The Morgan fingerprint density at radius 1 is 1.07 bits per heavy atom. The number of nitrogens with zero attached hydrogens (tertiary/aromatic N) is 2. The lowest BCUT2D eigenvalue weighted by molar-refractivity contribution is 0.102. The van der Waals surface area contributed by atoms with Crippen molar-refractivity contribution in [2.45, 2.75) is 44.4 Å². The summed E-state index contributed by atoms with van der Waals surface area (Å²) >= 11 is 1.26. The maximum Gasteiger partial charge on any atom is 0.277 e. The highest BCUT2D eigenvalue weighted by molar-refractivity contribution is 7.99. The lowest BCUT2D eigenvalue weighted by Crippen LogP contribution is -2.07. The lowest BCUT2D eigenvalue weighted by atomic mass is 9.90. The van der Waals surface area contributed by atoms with Gasteiger partial charge >= 0.3 is 0 Å². The molecule has 0 bridgehead atoms. The Morgan fingerprint density at radius 2 is 1.86 bits per heavy atom. The average Bonchev–Trinajstić information content (AvgIpc) is 3.19. The molecule has 0 aliphatic heterocycles. The van der Waals surface area contributed by atoms with Gasteiger partial charge in [-0.15, -0.1) is 10.2 Å². The fraction of sp³-hybridized carbons (Fsp3) is 0.318. The number of aromatic nitrogens is 2. The number of fused-ring (bicyclic) bond motifs is 1. The van der Waals surface area contributed by atoms with Gasteiger partial charge in [-0.05, 0) is 61.9 Å². The number of ether oxygens (including phenoxy) is 1. The number of hydrogen-bond donors (Lipinski definition) is 0. The van der Waals surface area contributed by atoms with Crippen LogP contribution in [-0.4, -0.2) is 21.7 Å². The molecule has 4 rings (SSSR count). The van der Waals surface area contributed by atoms with E-state index in [1.54, 1.807) is 0 Å². The van der Waals surface area contributed by atoms with E-state index in [4.69, 9.17) is 9.15 Å². The summed E-state index contributed by atoms with van der Waals surface area (Å²) in [5.74, 6) is 1.50. The van der Waals surface area contributed by atoms with Crippen LogP contribution in [0.25, 0.3) is 0 Å². The van der Waals surface area contributed by atoms with Crippen LogP contribution >= 0.6 is 11.8 Å². The zero-order chi connectivity index (χ0) is 19.3. The molecule has 0 saturated carbocycles. The van der Waals surface area contributed by atoms with Gasteiger partial charge in [0, 0.05) is 5.56 Å². The summed E-state index contributed by atoms with van der Waals surface area (Å²) < 4.78 is 11.2. The third kappa shape index (κ3) is 4.62. The second-order valence-electron chi connectivity index (χ2n) is 6.97. The molecular weight excluding hydrogens is 372 g/mol. The summed E-state index contributed by atoms with van der Waals surface area (Å²) in [6, 6.07) is 13.8. The number of Topliss-reactive ketones (excluding diaryl/α,β-unsaturated/α-hetero) is 1. The van der Waals surface area contributed by atoms with Crippen LogP contribution in [0.5, 0.6) is 5.75 Å². The molecule has 0 amide bonds. The second kappa shape index (κ2) is 8.61. The molecule has 5 nitrogen and oxygen atoms in total. The quantitative estimate of drug-likeness (QED) is 0.423. The summed E-state index contributed by atoms with van der Waals surface area (Å²) in [6.07, 6.45) is 4.63. The molecule has 0 atom stereocenters. The standard InChI is InChI=1S/C22H22N2O3S/c1-15-6-10-19(11-7-15)26-13-21-23-24-22(27-21)28-14-20(25)18-9-8-16-4-2-3-5-17(16)12-18/h6-12H,2-5,13-14H2,1H3. The van der Waals surface area contributed by atoms with Crippen LogP contribution in [0.4, 0.5) is 0 Å². The van der Waals surface area contributed by atoms with E-state index in [1.165, 1.54) is 41.3 Å².